The molecular weight excluding hydrogens is 358 g/mol. The molecule has 5 nitrogen and oxygen atoms in total. The van der Waals surface area contributed by atoms with Crippen LogP contribution in [-0.4, -0.2) is 66.1 Å². The Kier molecular flexibility index (Phi) is 5.55. The van der Waals surface area contributed by atoms with E-state index in [1.165, 1.54) is 0 Å². The SMILES string of the molecule is CN1CCN(C(=O)C2CCC3S/C(=C\c4ccccc4)C(=O)NC3C2)CC1. The van der Waals surface area contributed by atoms with Crippen LogP contribution >= 0.6 is 11.8 Å². The molecule has 1 aromatic rings. The third kappa shape index (κ3) is 4.22. The first kappa shape index (κ1) is 18.6. The summed E-state index contributed by atoms with van der Waals surface area (Å²) in [4.78, 5) is 30.5. The molecule has 2 amide bonds. The van der Waals surface area contributed by atoms with Crippen LogP contribution in [0.1, 0.15) is 24.8 Å². The average molecular weight is 386 g/mol. The summed E-state index contributed by atoms with van der Waals surface area (Å²) >= 11 is 1.69. The van der Waals surface area contributed by atoms with E-state index in [1.807, 2.05) is 41.3 Å². The molecule has 6 heteroatoms. The molecule has 1 saturated carbocycles. The largest absolute Gasteiger partial charge is 0.348 e. The Hall–Kier alpha value is -1.79. The zero-order valence-electron chi connectivity index (χ0n) is 15.8. The van der Waals surface area contributed by atoms with Gasteiger partial charge < -0.3 is 15.1 Å². The number of nitrogens with one attached hydrogen (secondary N) is 1. The summed E-state index contributed by atoms with van der Waals surface area (Å²) in [7, 11) is 2.10. The van der Waals surface area contributed by atoms with Crippen molar-refractivity contribution in [3.8, 4) is 0 Å². The van der Waals surface area contributed by atoms with Crippen LogP contribution in [0.2, 0.25) is 0 Å². The summed E-state index contributed by atoms with van der Waals surface area (Å²) in [6.07, 6.45) is 4.64. The Balaban J connectivity index is 1.38. The molecule has 4 rings (SSSR count). The summed E-state index contributed by atoms with van der Waals surface area (Å²) in [5.41, 5.74) is 1.05. The highest BCUT2D eigenvalue weighted by molar-refractivity contribution is 8.04. The van der Waals surface area contributed by atoms with Crippen molar-refractivity contribution >= 4 is 29.7 Å². The fraction of sp³-hybridized carbons (Fsp3) is 0.524. The third-order valence-corrected chi connectivity index (χ3v) is 7.29. The minimum absolute atomic E-state index is 0.00204. The quantitative estimate of drug-likeness (QED) is 0.793. The molecule has 2 saturated heterocycles. The van der Waals surface area contributed by atoms with Gasteiger partial charge in [0.1, 0.15) is 0 Å². The molecule has 0 aromatic heterocycles. The molecule has 1 aromatic carbocycles. The van der Waals surface area contributed by atoms with Gasteiger partial charge in [-0.3, -0.25) is 9.59 Å². The smallest absolute Gasteiger partial charge is 0.257 e. The molecule has 144 valence electrons. The molecule has 2 aliphatic heterocycles. The molecule has 3 unspecified atom stereocenters. The van der Waals surface area contributed by atoms with Crippen LogP contribution in [0, 0.1) is 5.92 Å². The van der Waals surface area contributed by atoms with E-state index in [2.05, 4.69) is 17.3 Å². The monoisotopic (exact) mass is 385 g/mol. The van der Waals surface area contributed by atoms with Crippen LogP contribution in [0.5, 0.6) is 0 Å². The number of carbonyl (C=O) groups excluding carboxylic acids is 2. The molecule has 1 aliphatic carbocycles. The Bertz CT molecular complexity index is 728. The predicted molar refractivity (Wildman–Crippen MR) is 109 cm³/mol. The molecule has 3 aliphatic rings. The van der Waals surface area contributed by atoms with Crippen LogP contribution in [0.3, 0.4) is 0 Å². The second-order valence-electron chi connectivity index (χ2n) is 7.79. The van der Waals surface area contributed by atoms with Crippen LogP contribution < -0.4 is 5.32 Å². The van der Waals surface area contributed by atoms with E-state index in [1.54, 1.807) is 11.8 Å². The number of fused-ring (bicyclic) bond motifs is 1. The number of hydrogen-bond donors (Lipinski definition) is 1. The van der Waals surface area contributed by atoms with Crippen LogP contribution in [0.15, 0.2) is 35.2 Å². The molecule has 0 spiro atoms. The van der Waals surface area contributed by atoms with Gasteiger partial charge in [0.2, 0.25) is 5.91 Å². The van der Waals surface area contributed by atoms with E-state index in [0.717, 1.165) is 55.9 Å². The number of piperazine rings is 1. The highest BCUT2D eigenvalue weighted by Gasteiger charge is 2.40. The van der Waals surface area contributed by atoms with Crippen LogP contribution in [0.4, 0.5) is 0 Å². The van der Waals surface area contributed by atoms with E-state index >= 15 is 0 Å². The molecule has 3 fully saturated rings. The zero-order valence-corrected chi connectivity index (χ0v) is 16.6. The Morgan fingerprint density at radius 1 is 1.15 bits per heavy atom. The van der Waals surface area contributed by atoms with E-state index in [4.69, 9.17) is 0 Å². The number of benzene rings is 1. The van der Waals surface area contributed by atoms with E-state index < -0.39 is 0 Å². The van der Waals surface area contributed by atoms with Gasteiger partial charge in [-0.1, -0.05) is 30.3 Å². The Labute approximate surface area is 165 Å². The standard InChI is InChI=1S/C21H27N3O2S/c1-23-9-11-24(12-10-23)21(26)16-7-8-18-17(14-16)22-20(25)19(27-18)13-15-5-3-2-4-6-15/h2-6,13,16-18H,7-12,14H2,1H3,(H,22,25)/b19-13-. The number of amides is 2. The first-order chi connectivity index (χ1) is 13.1. The molecule has 2 heterocycles. The highest BCUT2D eigenvalue weighted by Crippen LogP contribution is 2.40. The van der Waals surface area contributed by atoms with Gasteiger partial charge in [0.05, 0.1) is 4.91 Å². The fourth-order valence-corrected chi connectivity index (χ4v) is 5.49. The highest BCUT2D eigenvalue weighted by atomic mass is 32.2. The summed E-state index contributed by atoms with van der Waals surface area (Å²) in [5.74, 6) is 0.333. The number of carbonyl (C=O) groups is 2. The number of likely N-dealkylation sites (N-methyl/N-ethyl adjacent to an activating group) is 1. The van der Waals surface area contributed by atoms with Gasteiger partial charge in [-0.15, -0.1) is 11.8 Å². The predicted octanol–water partition coefficient (Wildman–Crippen LogP) is 2.20. The second-order valence-corrected chi connectivity index (χ2v) is 9.08. The number of thioether (sulfide) groups is 1. The van der Waals surface area contributed by atoms with E-state index in [-0.39, 0.29) is 23.8 Å². The van der Waals surface area contributed by atoms with Crippen molar-refractivity contribution in [3.63, 3.8) is 0 Å². The minimum Gasteiger partial charge on any atom is -0.348 e. The van der Waals surface area contributed by atoms with Gasteiger partial charge in [-0.25, -0.2) is 0 Å². The molecule has 1 N–H and O–H groups in total. The van der Waals surface area contributed by atoms with Gasteiger partial charge in [0, 0.05) is 43.4 Å². The number of rotatable bonds is 2. The summed E-state index contributed by atoms with van der Waals surface area (Å²) in [5, 5.41) is 3.55. The molecular formula is C21H27N3O2S. The Morgan fingerprint density at radius 3 is 2.63 bits per heavy atom. The first-order valence-corrected chi connectivity index (χ1v) is 10.7. The van der Waals surface area contributed by atoms with E-state index in [9.17, 15) is 9.59 Å². The van der Waals surface area contributed by atoms with E-state index in [0.29, 0.717) is 5.25 Å². The van der Waals surface area contributed by atoms with Crippen molar-refractivity contribution < 1.29 is 9.59 Å². The number of nitrogens with zero attached hydrogens (tertiary/aromatic N) is 2. The van der Waals surface area contributed by atoms with Gasteiger partial charge in [0.25, 0.3) is 5.91 Å². The maximum atomic E-state index is 12.9. The fourth-order valence-electron chi connectivity index (χ4n) is 4.20. The average Bonchev–Trinajstić information content (AvgIpc) is 2.69. The van der Waals surface area contributed by atoms with Crippen molar-refractivity contribution in [2.45, 2.75) is 30.6 Å². The molecule has 27 heavy (non-hydrogen) atoms. The van der Waals surface area contributed by atoms with Gasteiger partial charge in [0.15, 0.2) is 0 Å². The van der Waals surface area contributed by atoms with Crippen molar-refractivity contribution in [1.29, 1.82) is 0 Å². The maximum Gasteiger partial charge on any atom is 0.257 e. The summed E-state index contributed by atoms with van der Waals surface area (Å²) < 4.78 is 0. The lowest BCUT2D eigenvalue weighted by atomic mass is 9.84. The zero-order chi connectivity index (χ0) is 18.8. The lowest BCUT2D eigenvalue weighted by Gasteiger charge is -2.41. The second kappa shape index (κ2) is 8.07. The number of hydrogen-bond acceptors (Lipinski definition) is 4. The van der Waals surface area contributed by atoms with Crippen LogP contribution in [-0.2, 0) is 9.59 Å². The Morgan fingerprint density at radius 2 is 1.89 bits per heavy atom. The summed E-state index contributed by atoms with van der Waals surface area (Å²) in [6.45, 7) is 3.55. The third-order valence-electron chi connectivity index (χ3n) is 5.87. The lowest BCUT2D eigenvalue weighted by molar-refractivity contribution is -0.138. The minimum atomic E-state index is -0.00204. The normalized spacial score (nSPS) is 30.7. The topological polar surface area (TPSA) is 52.7 Å². The first-order valence-electron chi connectivity index (χ1n) is 9.82. The molecule has 3 atom stereocenters. The maximum absolute atomic E-state index is 12.9. The lowest BCUT2D eigenvalue weighted by Crippen LogP contribution is -2.54. The summed E-state index contributed by atoms with van der Waals surface area (Å²) in [6, 6.07) is 10.1. The van der Waals surface area contributed by atoms with Crippen molar-refractivity contribution in [2.75, 3.05) is 33.2 Å². The van der Waals surface area contributed by atoms with Crippen molar-refractivity contribution in [3.05, 3.63) is 40.8 Å². The van der Waals surface area contributed by atoms with Gasteiger partial charge in [-0.05, 0) is 37.9 Å². The molecule has 0 radical (unpaired) electrons. The van der Waals surface area contributed by atoms with Gasteiger partial charge in [-0.2, -0.15) is 0 Å². The van der Waals surface area contributed by atoms with Crippen molar-refractivity contribution in [1.82, 2.24) is 15.1 Å². The van der Waals surface area contributed by atoms with Crippen LogP contribution in [0.25, 0.3) is 6.08 Å². The van der Waals surface area contributed by atoms with Crippen molar-refractivity contribution in [2.24, 2.45) is 5.92 Å². The molecule has 0 bridgehead atoms. The van der Waals surface area contributed by atoms with Gasteiger partial charge >= 0.3 is 0 Å².